The number of ether oxygens (including phenoxy) is 1. The van der Waals surface area contributed by atoms with Gasteiger partial charge in [-0.2, -0.15) is 4.98 Å². The zero-order chi connectivity index (χ0) is 11.7. The highest BCUT2D eigenvalue weighted by Crippen LogP contribution is 2.26. The van der Waals surface area contributed by atoms with Crippen molar-refractivity contribution in [1.82, 2.24) is 9.55 Å². The Hall–Kier alpha value is -1.47. The SMILES string of the molecule is Nc1nc(=O)n(C2CC[C@@H](CO)O2)cc1F. The molecule has 1 aromatic rings. The lowest BCUT2D eigenvalue weighted by Gasteiger charge is -2.14. The molecule has 1 aliphatic heterocycles. The molecule has 1 aromatic heterocycles. The van der Waals surface area contributed by atoms with E-state index < -0.39 is 23.6 Å². The number of anilines is 1. The minimum atomic E-state index is -0.754. The summed E-state index contributed by atoms with van der Waals surface area (Å²) in [5.74, 6) is -1.17. The van der Waals surface area contributed by atoms with Gasteiger partial charge in [0.25, 0.3) is 0 Å². The predicted octanol–water partition coefficient (Wildman–Crippen LogP) is -0.366. The second-order valence-corrected chi connectivity index (χ2v) is 3.64. The van der Waals surface area contributed by atoms with Crippen LogP contribution in [0.2, 0.25) is 0 Å². The first-order valence-electron chi connectivity index (χ1n) is 4.92. The van der Waals surface area contributed by atoms with Gasteiger partial charge in [0.2, 0.25) is 0 Å². The van der Waals surface area contributed by atoms with Crippen molar-refractivity contribution >= 4 is 5.82 Å². The molecule has 0 amide bonds. The molecule has 2 atom stereocenters. The smallest absolute Gasteiger partial charge is 0.351 e. The number of hydrogen-bond donors (Lipinski definition) is 2. The van der Waals surface area contributed by atoms with Gasteiger partial charge in [-0.1, -0.05) is 0 Å². The van der Waals surface area contributed by atoms with Crippen LogP contribution in [0.1, 0.15) is 19.1 Å². The summed E-state index contributed by atoms with van der Waals surface area (Å²) in [6.07, 6.45) is 1.26. The Morgan fingerprint density at radius 1 is 1.69 bits per heavy atom. The molecule has 0 spiro atoms. The molecule has 88 valence electrons. The fraction of sp³-hybridized carbons (Fsp3) is 0.556. The fourth-order valence-corrected chi connectivity index (χ4v) is 1.69. The molecule has 1 aliphatic rings. The van der Waals surface area contributed by atoms with Gasteiger partial charge in [-0.15, -0.1) is 0 Å². The lowest BCUT2D eigenvalue weighted by Crippen LogP contribution is -2.28. The average molecular weight is 229 g/mol. The Kier molecular flexibility index (Phi) is 2.88. The van der Waals surface area contributed by atoms with Gasteiger partial charge in [0.15, 0.2) is 11.6 Å². The Morgan fingerprint density at radius 3 is 3.06 bits per heavy atom. The molecule has 0 radical (unpaired) electrons. The number of nitrogens with zero attached hydrogens (tertiary/aromatic N) is 2. The van der Waals surface area contributed by atoms with E-state index in [1.807, 2.05) is 0 Å². The molecule has 1 unspecified atom stereocenters. The molecule has 2 heterocycles. The van der Waals surface area contributed by atoms with Crippen LogP contribution in [0.3, 0.4) is 0 Å². The van der Waals surface area contributed by atoms with E-state index >= 15 is 0 Å². The lowest BCUT2D eigenvalue weighted by molar-refractivity contribution is -0.0249. The zero-order valence-corrected chi connectivity index (χ0v) is 8.47. The highest BCUT2D eigenvalue weighted by Gasteiger charge is 2.27. The summed E-state index contributed by atoms with van der Waals surface area (Å²) < 4.78 is 19.5. The maximum Gasteiger partial charge on any atom is 0.351 e. The van der Waals surface area contributed by atoms with Crippen molar-refractivity contribution in [1.29, 1.82) is 0 Å². The van der Waals surface area contributed by atoms with Crippen molar-refractivity contribution in [2.75, 3.05) is 12.3 Å². The van der Waals surface area contributed by atoms with Crippen molar-refractivity contribution in [2.45, 2.75) is 25.2 Å². The van der Waals surface area contributed by atoms with Crippen LogP contribution in [0.15, 0.2) is 11.0 Å². The minimum absolute atomic E-state index is 0.115. The van der Waals surface area contributed by atoms with Crippen LogP contribution in [0, 0.1) is 5.82 Å². The number of rotatable bonds is 2. The standard InChI is InChI=1S/C9H12FN3O3/c10-6-3-13(9(15)12-8(6)11)7-2-1-5(4-14)16-7/h3,5,7,14H,1-2,4H2,(H2,11,12,15)/t5-,7?/m0/s1. The number of halogens is 1. The number of aromatic nitrogens is 2. The van der Waals surface area contributed by atoms with Crippen molar-refractivity contribution in [3.8, 4) is 0 Å². The number of aliphatic hydroxyl groups excluding tert-OH is 1. The number of hydrogen-bond acceptors (Lipinski definition) is 5. The predicted molar refractivity (Wildman–Crippen MR) is 53.1 cm³/mol. The van der Waals surface area contributed by atoms with Crippen molar-refractivity contribution in [3.05, 3.63) is 22.5 Å². The van der Waals surface area contributed by atoms with Crippen LogP contribution in [0.25, 0.3) is 0 Å². The summed E-state index contributed by atoms with van der Waals surface area (Å²) in [5, 5.41) is 8.88. The third-order valence-electron chi connectivity index (χ3n) is 2.53. The average Bonchev–Trinajstić information content (AvgIpc) is 2.71. The van der Waals surface area contributed by atoms with E-state index in [2.05, 4.69) is 4.98 Å². The van der Waals surface area contributed by atoms with Crippen LogP contribution in [0.5, 0.6) is 0 Å². The van der Waals surface area contributed by atoms with Gasteiger partial charge in [-0.25, -0.2) is 9.18 Å². The number of nitrogens with two attached hydrogens (primary N) is 1. The third-order valence-corrected chi connectivity index (χ3v) is 2.53. The van der Waals surface area contributed by atoms with Crippen LogP contribution in [-0.2, 0) is 4.74 Å². The van der Waals surface area contributed by atoms with E-state index in [1.54, 1.807) is 0 Å². The summed E-state index contributed by atoms with van der Waals surface area (Å²) in [6.45, 7) is -0.115. The first-order chi connectivity index (χ1) is 7.61. The van der Waals surface area contributed by atoms with Gasteiger partial charge in [0.05, 0.1) is 18.9 Å². The van der Waals surface area contributed by atoms with Crippen molar-refractivity contribution < 1.29 is 14.2 Å². The third kappa shape index (κ3) is 1.91. The Labute approximate surface area is 90.5 Å². The largest absolute Gasteiger partial charge is 0.394 e. The summed E-state index contributed by atoms with van der Waals surface area (Å²) >= 11 is 0. The summed E-state index contributed by atoms with van der Waals surface area (Å²) in [5.41, 5.74) is 4.51. The molecule has 7 heteroatoms. The Bertz CT molecular complexity index is 448. The van der Waals surface area contributed by atoms with E-state index in [0.717, 1.165) is 10.8 Å². The maximum absolute atomic E-state index is 13.1. The van der Waals surface area contributed by atoms with Crippen LogP contribution in [0.4, 0.5) is 10.2 Å². The second kappa shape index (κ2) is 4.18. The molecular weight excluding hydrogens is 217 g/mol. The lowest BCUT2D eigenvalue weighted by atomic mass is 10.2. The molecule has 0 saturated carbocycles. The van der Waals surface area contributed by atoms with E-state index in [9.17, 15) is 9.18 Å². The van der Waals surface area contributed by atoms with E-state index in [1.165, 1.54) is 0 Å². The molecule has 2 rings (SSSR count). The van der Waals surface area contributed by atoms with Crippen LogP contribution < -0.4 is 11.4 Å². The highest BCUT2D eigenvalue weighted by molar-refractivity contribution is 5.26. The van der Waals surface area contributed by atoms with Crippen molar-refractivity contribution in [2.24, 2.45) is 0 Å². The summed E-state index contributed by atoms with van der Waals surface area (Å²) in [6, 6.07) is 0. The zero-order valence-electron chi connectivity index (χ0n) is 8.47. The molecule has 0 aromatic carbocycles. The molecule has 1 saturated heterocycles. The monoisotopic (exact) mass is 229 g/mol. The maximum atomic E-state index is 13.1. The normalized spacial score (nSPS) is 24.9. The first-order valence-corrected chi connectivity index (χ1v) is 4.92. The molecule has 1 fully saturated rings. The molecule has 0 bridgehead atoms. The van der Waals surface area contributed by atoms with Gasteiger partial charge >= 0.3 is 5.69 Å². The quantitative estimate of drug-likeness (QED) is 0.722. The number of nitrogen functional groups attached to an aromatic ring is 1. The Morgan fingerprint density at radius 2 is 2.44 bits per heavy atom. The van der Waals surface area contributed by atoms with E-state index in [0.29, 0.717) is 12.8 Å². The highest BCUT2D eigenvalue weighted by atomic mass is 19.1. The van der Waals surface area contributed by atoms with Gasteiger partial charge in [0, 0.05) is 0 Å². The van der Waals surface area contributed by atoms with Crippen LogP contribution >= 0.6 is 0 Å². The van der Waals surface area contributed by atoms with Gasteiger partial charge in [-0.3, -0.25) is 4.57 Å². The van der Waals surface area contributed by atoms with Gasteiger partial charge in [-0.05, 0) is 12.8 Å². The topological polar surface area (TPSA) is 90.4 Å². The summed E-state index contributed by atoms with van der Waals surface area (Å²) in [7, 11) is 0. The van der Waals surface area contributed by atoms with Crippen LogP contribution in [-0.4, -0.2) is 27.4 Å². The van der Waals surface area contributed by atoms with E-state index in [4.69, 9.17) is 15.6 Å². The second-order valence-electron chi connectivity index (χ2n) is 3.64. The summed E-state index contributed by atoms with van der Waals surface area (Å²) in [4.78, 5) is 14.8. The van der Waals surface area contributed by atoms with Gasteiger partial charge < -0.3 is 15.6 Å². The fourth-order valence-electron chi connectivity index (χ4n) is 1.69. The molecule has 0 aliphatic carbocycles. The van der Waals surface area contributed by atoms with Gasteiger partial charge in [0.1, 0.15) is 6.23 Å². The molecular formula is C9H12FN3O3. The first kappa shape index (κ1) is 11.0. The molecule has 6 nitrogen and oxygen atoms in total. The molecule has 3 N–H and O–H groups in total. The van der Waals surface area contributed by atoms with E-state index in [-0.39, 0.29) is 12.7 Å². The Balaban J connectivity index is 2.28. The molecule has 16 heavy (non-hydrogen) atoms. The van der Waals surface area contributed by atoms with Crippen molar-refractivity contribution in [3.63, 3.8) is 0 Å². The number of aliphatic hydroxyl groups is 1. The minimum Gasteiger partial charge on any atom is -0.394 e.